The first-order chi connectivity index (χ1) is 7.84. The zero-order valence-electron chi connectivity index (χ0n) is 9.72. The molecule has 92 valence electrons. The number of hydrogen-bond acceptors (Lipinski definition) is 5. The molecular weight excluding hydrogens is 242 g/mol. The van der Waals surface area contributed by atoms with Gasteiger partial charge in [-0.2, -0.15) is 4.37 Å². The van der Waals surface area contributed by atoms with Gasteiger partial charge in [-0.3, -0.25) is 9.59 Å². The summed E-state index contributed by atoms with van der Waals surface area (Å²) in [6.45, 7) is 5.29. The third-order valence-electron chi connectivity index (χ3n) is 3.13. The molecule has 1 heterocycles. The number of aliphatic carboxylic acids is 1. The fraction of sp³-hybridized carbons (Fsp3) is 0.600. The molecule has 17 heavy (non-hydrogen) atoms. The lowest BCUT2D eigenvalue weighted by molar-refractivity contribution is -0.140. The number of anilines is 1. The van der Waals surface area contributed by atoms with Crippen molar-refractivity contribution in [3.8, 4) is 0 Å². The van der Waals surface area contributed by atoms with Crippen molar-refractivity contribution in [1.82, 2.24) is 9.36 Å². The van der Waals surface area contributed by atoms with Crippen molar-refractivity contribution in [3.63, 3.8) is 0 Å². The van der Waals surface area contributed by atoms with Crippen LogP contribution in [0.1, 0.15) is 19.7 Å². The third kappa shape index (κ3) is 2.02. The maximum Gasteiger partial charge on any atom is 0.307 e. The molecule has 7 heteroatoms. The number of carboxylic acid groups (broad SMARTS) is 1. The van der Waals surface area contributed by atoms with Gasteiger partial charge in [-0.1, -0.05) is 13.8 Å². The van der Waals surface area contributed by atoms with Gasteiger partial charge in [0.05, 0.1) is 11.8 Å². The quantitative estimate of drug-likeness (QED) is 0.845. The van der Waals surface area contributed by atoms with E-state index in [1.807, 2.05) is 0 Å². The van der Waals surface area contributed by atoms with Gasteiger partial charge in [0, 0.05) is 11.5 Å². The van der Waals surface area contributed by atoms with E-state index < -0.39 is 23.2 Å². The predicted octanol–water partition coefficient (Wildman–Crippen LogP) is 1.14. The second-order valence-corrected chi connectivity index (χ2v) is 5.50. The van der Waals surface area contributed by atoms with E-state index in [-0.39, 0.29) is 5.91 Å². The molecule has 0 radical (unpaired) electrons. The Labute approximate surface area is 102 Å². The van der Waals surface area contributed by atoms with Gasteiger partial charge in [0.2, 0.25) is 11.0 Å². The van der Waals surface area contributed by atoms with Crippen LogP contribution in [0.5, 0.6) is 0 Å². The number of aryl methyl sites for hydroxylation is 1. The maximum absolute atomic E-state index is 11.9. The van der Waals surface area contributed by atoms with E-state index in [1.54, 1.807) is 20.8 Å². The maximum atomic E-state index is 11.9. The Morgan fingerprint density at radius 2 is 2.06 bits per heavy atom. The minimum absolute atomic E-state index is 0.293. The number of nitrogens with one attached hydrogen (secondary N) is 1. The topological polar surface area (TPSA) is 92.2 Å². The van der Waals surface area contributed by atoms with E-state index in [4.69, 9.17) is 5.11 Å². The molecule has 0 aliphatic heterocycles. The highest BCUT2D eigenvalue weighted by Crippen LogP contribution is 2.58. The highest BCUT2D eigenvalue weighted by molar-refractivity contribution is 7.09. The number of carbonyl (C=O) groups excluding carboxylic acids is 1. The van der Waals surface area contributed by atoms with Gasteiger partial charge in [0.25, 0.3) is 0 Å². The standard InChI is InChI=1S/C10H13N3O3S/c1-4-11-9(17-13-4)12-7(14)5-6(8(15)16)10(5,2)3/h5-6H,1-3H3,(H,15,16)(H,11,12,13,14)/t5-,6+/m1/s1. The Bertz CT molecular complexity index is 483. The Kier molecular flexibility index (Phi) is 2.65. The number of amides is 1. The molecule has 1 saturated carbocycles. The summed E-state index contributed by atoms with van der Waals surface area (Å²) in [5, 5.41) is 12.0. The summed E-state index contributed by atoms with van der Waals surface area (Å²) in [6, 6.07) is 0. The van der Waals surface area contributed by atoms with E-state index in [9.17, 15) is 9.59 Å². The molecule has 1 amide bonds. The van der Waals surface area contributed by atoms with E-state index in [0.29, 0.717) is 11.0 Å². The normalized spacial score (nSPS) is 25.4. The van der Waals surface area contributed by atoms with Gasteiger partial charge in [0.15, 0.2) is 0 Å². The lowest BCUT2D eigenvalue weighted by Gasteiger charge is -2.01. The van der Waals surface area contributed by atoms with E-state index in [0.717, 1.165) is 11.5 Å². The summed E-state index contributed by atoms with van der Waals surface area (Å²) in [6.07, 6.45) is 0. The molecule has 0 aromatic carbocycles. The Balaban J connectivity index is 2.05. The largest absolute Gasteiger partial charge is 0.481 e. The minimum Gasteiger partial charge on any atom is -0.481 e. The molecule has 0 saturated heterocycles. The van der Waals surface area contributed by atoms with Gasteiger partial charge in [-0.15, -0.1) is 0 Å². The third-order valence-corrected chi connectivity index (χ3v) is 3.86. The molecule has 1 aliphatic rings. The predicted molar refractivity (Wildman–Crippen MR) is 61.7 cm³/mol. The number of hydrogen-bond donors (Lipinski definition) is 2. The van der Waals surface area contributed by atoms with E-state index in [1.165, 1.54) is 0 Å². The number of aromatic nitrogens is 2. The van der Waals surface area contributed by atoms with Crippen LogP contribution in [0.3, 0.4) is 0 Å². The molecular formula is C10H13N3O3S. The van der Waals surface area contributed by atoms with Crippen molar-refractivity contribution in [2.75, 3.05) is 5.32 Å². The van der Waals surface area contributed by atoms with Gasteiger partial charge in [-0.25, -0.2) is 4.98 Å². The van der Waals surface area contributed by atoms with Gasteiger partial charge in [0.1, 0.15) is 5.82 Å². The molecule has 1 aromatic rings. The van der Waals surface area contributed by atoms with E-state index >= 15 is 0 Å². The van der Waals surface area contributed by atoms with Gasteiger partial charge >= 0.3 is 5.97 Å². The van der Waals surface area contributed by atoms with Gasteiger partial charge < -0.3 is 10.4 Å². The summed E-state index contributed by atoms with van der Waals surface area (Å²) >= 11 is 1.09. The van der Waals surface area contributed by atoms with Crippen LogP contribution in [-0.4, -0.2) is 26.3 Å². The Morgan fingerprint density at radius 3 is 2.47 bits per heavy atom. The summed E-state index contributed by atoms with van der Waals surface area (Å²) in [4.78, 5) is 26.8. The molecule has 2 N–H and O–H groups in total. The zero-order chi connectivity index (χ0) is 12.8. The number of rotatable bonds is 3. The molecule has 0 unspecified atom stereocenters. The van der Waals surface area contributed by atoms with Crippen LogP contribution in [0.25, 0.3) is 0 Å². The van der Waals surface area contributed by atoms with Crippen molar-refractivity contribution in [1.29, 1.82) is 0 Å². The van der Waals surface area contributed by atoms with Crippen LogP contribution in [0.15, 0.2) is 0 Å². The van der Waals surface area contributed by atoms with Crippen LogP contribution >= 0.6 is 11.5 Å². The Hall–Kier alpha value is -1.50. The first-order valence-electron chi connectivity index (χ1n) is 5.18. The molecule has 2 atom stereocenters. The van der Waals surface area contributed by atoms with Crippen LogP contribution < -0.4 is 5.32 Å². The van der Waals surface area contributed by atoms with Gasteiger partial charge in [-0.05, 0) is 12.3 Å². The van der Waals surface area contributed by atoms with Crippen LogP contribution in [0, 0.1) is 24.2 Å². The second kappa shape index (κ2) is 3.76. The molecule has 0 spiro atoms. The molecule has 6 nitrogen and oxygen atoms in total. The number of carboxylic acids is 1. The van der Waals surface area contributed by atoms with Crippen LogP contribution in [0.4, 0.5) is 5.13 Å². The molecule has 2 rings (SSSR count). The van der Waals surface area contributed by atoms with Crippen LogP contribution in [-0.2, 0) is 9.59 Å². The molecule has 1 aliphatic carbocycles. The SMILES string of the molecule is Cc1nsc(NC(=O)[C@H]2[C@@H](C(=O)O)C2(C)C)n1. The fourth-order valence-electron chi connectivity index (χ4n) is 2.12. The lowest BCUT2D eigenvalue weighted by atomic mass is 10.1. The van der Waals surface area contributed by atoms with Crippen molar-refractivity contribution in [2.24, 2.45) is 17.3 Å². The zero-order valence-corrected chi connectivity index (χ0v) is 10.5. The molecule has 1 fully saturated rings. The van der Waals surface area contributed by atoms with E-state index in [2.05, 4.69) is 14.7 Å². The Morgan fingerprint density at radius 1 is 1.41 bits per heavy atom. The highest BCUT2D eigenvalue weighted by Gasteiger charge is 2.65. The first-order valence-corrected chi connectivity index (χ1v) is 5.95. The average molecular weight is 255 g/mol. The lowest BCUT2D eigenvalue weighted by Crippen LogP contribution is -2.17. The summed E-state index contributed by atoms with van der Waals surface area (Å²) in [7, 11) is 0. The monoisotopic (exact) mass is 255 g/mol. The second-order valence-electron chi connectivity index (χ2n) is 4.75. The number of nitrogens with zero attached hydrogens (tertiary/aromatic N) is 2. The average Bonchev–Trinajstić information content (AvgIpc) is 2.54. The van der Waals surface area contributed by atoms with Crippen molar-refractivity contribution in [2.45, 2.75) is 20.8 Å². The number of carbonyl (C=O) groups is 2. The summed E-state index contributed by atoms with van der Waals surface area (Å²) in [5.74, 6) is -1.74. The summed E-state index contributed by atoms with van der Waals surface area (Å²) < 4.78 is 3.94. The molecule has 1 aromatic heterocycles. The molecule has 0 bridgehead atoms. The van der Waals surface area contributed by atoms with Crippen molar-refractivity contribution >= 4 is 28.5 Å². The smallest absolute Gasteiger partial charge is 0.307 e. The van der Waals surface area contributed by atoms with Crippen molar-refractivity contribution < 1.29 is 14.7 Å². The van der Waals surface area contributed by atoms with Crippen LogP contribution in [0.2, 0.25) is 0 Å². The fourth-order valence-corrected chi connectivity index (χ4v) is 2.70. The minimum atomic E-state index is -0.927. The summed E-state index contributed by atoms with van der Waals surface area (Å²) in [5.41, 5.74) is -0.490. The highest BCUT2D eigenvalue weighted by atomic mass is 32.1. The first kappa shape index (κ1) is 12.0. The van der Waals surface area contributed by atoms with Crippen molar-refractivity contribution in [3.05, 3.63) is 5.82 Å².